The van der Waals surface area contributed by atoms with Crippen LogP contribution >= 0.6 is 0 Å². The molecule has 0 aliphatic heterocycles. The van der Waals surface area contributed by atoms with Gasteiger partial charge in [-0.05, 0) is 64.8 Å². The number of imidazole rings is 1. The Kier molecular flexibility index (Phi) is 8.46. The highest BCUT2D eigenvalue weighted by Gasteiger charge is 2.26. The van der Waals surface area contributed by atoms with Crippen molar-refractivity contribution in [2.45, 2.75) is 90.6 Å². The van der Waals surface area contributed by atoms with Crippen molar-refractivity contribution < 1.29 is 0 Å². The second-order valence-corrected chi connectivity index (χ2v) is 10.6. The first kappa shape index (κ1) is 26.1. The number of benzene rings is 1. The summed E-state index contributed by atoms with van der Waals surface area (Å²) >= 11 is 0. The van der Waals surface area contributed by atoms with E-state index in [0.717, 1.165) is 60.1 Å². The standard InChI is InChI=1S/C30H39N7O/c1-3-5-13-24-21-37(28-16-9-7-6-8-12-22(28)4-2)30(38)36(24)20-23-19-31-18-17-25(23)26-14-10-11-15-27(26)29-32-34-35-33-29/h10-11,14-15,17-19,21-22,28H,3-9,12-13,16,20H2,1-2H3,(H,32,33,34,35). The SMILES string of the molecule is CCCCc1cn(C2CCCCCCC2CC)c(=O)n1Cc1cnccc1-c1ccccc1-c1nnn[nH]1. The van der Waals surface area contributed by atoms with Crippen molar-refractivity contribution >= 4 is 0 Å². The van der Waals surface area contributed by atoms with E-state index in [4.69, 9.17) is 0 Å². The summed E-state index contributed by atoms with van der Waals surface area (Å²) in [7, 11) is 0. The summed E-state index contributed by atoms with van der Waals surface area (Å²) in [5.74, 6) is 1.17. The van der Waals surface area contributed by atoms with Crippen LogP contribution in [0.2, 0.25) is 0 Å². The summed E-state index contributed by atoms with van der Waals surface area (Å²) in [4.78, 5) is 18.5. The molecule has 3 heterocycles. The molecule has 1 fully saturated rings. The molecule has 1 aromatic carbocycles. The fraction of sp³-hybridized carbons (Fsp3) is 0.500. The number of H-pyrrole nitrogens is 1. The Balaban J connectivity index is 1.56. The molecule has 0 saturated heterocycles. The lowest BCUT2D eigenvalue weighted by Gasteiger charge is -2.29. The minimum Gasteiger partial charge on any atom is -0.296 e. The molecule has 2 atom stereocenters. The zero-order valence-corrected chi connectivity index (χ0v) is 22.6. The smallest absolute Gasteiger partial charge is 0.296 e. The van der Waals surface area contributed by atoms with Gasteiger partial charge in [0.15, 0.2) is 5.82 Å². The molecule has 0 bridgehead atoms. The van der Waals surface area contributed by atoms with Crippen molar-refractivity contribution in [1.82, 2.24) is 34.7 Å². The molecule has 1 saturated carbocycles. The molecule has 8 heteroatoms. The van der Waals surface area contributed by atoms with Crippen LogP contribution in [-0.4, -0.2) is 34.7 Å². The zero-order chi connectivity index (χ0) is 26.3. The molecule has 8 nitrogen and oxygen atoms in total. The van der Waals surface area contributed by atoms with Crippen molar-refractivity contribution in [3.8, 4) is 22.5 Å². The molecule has 3 aromatic heterocycles. The number of aromatic amines is 1. The topological polar surface area (TPSA) is 94.3 Å². The Morgan fingerprint density at radius 1 is 1.00 bits per heavy atom. The third-order valence-corrected chi connectivity index (χ3v) is 8.17. The number of hydrogen-bond donors (Lipinski definition) is 1. The quantitative estimate of drug-likeness (QED) is 0.287. The van der Waals surface area contributed by atoms with Gasteiger partial charge >= 0.3 is 5.69 Å². The fourth-order valence-corrected chi connectivity index (χ4v) is 6.08. The molecule has 0 spiro atoms. The Morgan fingerprint density at radius 2 is 1.82 bits per heavy atom. The van der Waals surface area contributed by atoms with E-state index in [1.165, 1.54) is 32.1 Å². The van der Waals surface area contributed by atoms with Crippen LogP contribution in [0.5, 0.6) is 0 Å². The van der Waals surface area contributed by atoms with Crippen molar-refractivity contribution in [1.29, 1.82) is 0 Å². The molecule has 1 N–H and O–H groups in total. The third-order valence-electron chi connectivity index (χ3n) is 8.17. The lowest BCUT2D eigenvalue weighted by atomic mass is 9.85. The molecule has 2 unspecified atom stereocenters. The lowest BCUT2D eigenvalue weighted by Crippen LogP contribution is -2.32. The molecule has 5 rings (SSSR count). The second-order valence-electron chi connectivity index (χ2n) is 10.6. The first-order chi connectivity index (χ1) is 18.7. The van der Waals surface area contributed by atoms with E-state index in [0.29, 0.717) is 18.3 Å². The molecule has 200 valence electrons. The van der Waals surface area contributed by atoms with Gasteiger partial charge in [0.1, 0.15) is 0 Å². The fourth-order valence-electron chi connectivity index (χ4n) is 6.08. The van der Waals surface area contributed by atoms with Crippen molar-refractivity contribution in [2.24, 2.45) is 5.92 Å². The minimum absolute atomic E-state index is 0.114. The van der Waals surface area contributed by atoms with Crippen LogP contribution in [0.1, 0.15) is 88.9 Å². The van der Waals surface area contributed by atoms with E-state index in [1.54, 1.807) is 6.20 Å². The highest BCUT2D eigenvalue weighted by Crippen LogP contribution is 2.34. The van der Waals surface area contributed by atoms with Gasteiger partial charge in [-0.2, -0.15) is 0 Å². The number of hydrogen-bond acceptors (Lipinski definition) is 5. The van der Waals surface area contributed by atoms with E-state index in [9.17, 15) is 4.79 Å². The molecule has 38 heavy (non-hydrogen) atoms. The number of nitrogens with one attached hydrogen (secondary N) is 1. The van der Waals surface area contributed by atoms with Crippen LogP contribution in [0.25, 0.3) is 22.5 Å². The number of unbranched alkanes of at least 4 members (excludes halogenated alkanes) is 1. The van der Waals surface area contributed by atoms with Crippen molar-refractivity contribution in [3.05, 3.63) is 70.7 Å². The Morgan fingerprint density at radius 3 is 2.58 bits per heavy atom. The van der Waals surface area contributed by atoms with Crippen LogP contribution in [0.3, 0.4) is 0 Å². The maximum absolute atomic E-state index is 14.1. The first-order valence-corrected chi connectivity index (χ1v) is 14.3. The van der Waals surface area contributed by atoms with Gasteiger partial charge < -0.3 is 0 Å². The van der Waals surface area contributed by atoms with Gasteiger partial charge in [0, 0.05) is 35.9 Å². The molecule has 1 aliphatic carbocycles. The summed E-state index contributed by atoms with van der Waals surface area (Å²) in [6.45, 7) is 4.97. The number of pyridine rings is 1. The summed E-state index contributed by atoms with van der Waals surface area (Å²) in [5, 5.41) is 14.6. The maximum atomic E-state index is 14.1. The number of nitrogens with zero attached hydrogens (tertiary/aromatic N) is 6. The largest absolute Gasteiger partial charge is 0.328 e. The summed E-state index contributed by atoms with van der Waals surface area (Å²) in [5.41, 5.74) is 5.21. The Hall–Kier alpha value is -3.55. The van der Waals surface area contributed by atoms with Crippen LogP contribution in [0.4, 0.5) is 0 Å². The molecular formula is C30H39N7O. The number of tetrazole rings is 1. The molecular weight excluding hydrogens is 474 g/mol. The highest BCUT2D eigenvalue weighted by molar-refractivity contribution is 5.81. The second kappa shape index (κ2) is 12.3. The van der Waals surface area contributed by atoms with Gasteiger partial charge in [-0.3, -0.25) is 14.1 Å². The van der Waals surface area contributed by atoms with E-state index in [2.05, 4.69) is 56.3 Å². The molecule has 0 amide bonds. The van der Waals surface area contributed by atoms with Crippen LogP contribution in [0, 0.1) is 5.92 Å². The van der Waals surface area contributed by atoms with Crippen LogP contribution in [0.15, 0.2) is 53.7 Å². The van der Waals surface area contributed by atoms with Gasteiger partial charge in [0.25, 0.3) is 0 Å². The average molecular weight is 514 g/mol. The predicted molar refractivity (Wildman–Crippen MR) is 150 cm³/mol. The van der Waals surface area contributed by atoms with Crippen molar-refractivity contribution in [3.63, 3.8) is 0 Å². The van der Waals surface area contributed by atoms with Gasteiger partial charge in [-0.25, -0.2) is 9.89 Å². The maximum Gasteiger partial charge on any atom is 0.328 e. The van der Waals surface area contributed by atoms with Crippen LogP contribution < -0.4 is 5.69 Å². The molecule has 4 aromatic rings. The van der Waals surface area contributed by atoms with Gasteiger partial charge in [0.2, 0.25) is 0 Å². The Bertz CT molecular complexity index is 1370. The number of aromatic nitrogens is 7. The van der Waals surface area contributed by atoms with E-state index < -0.39 is 0 Å². The first-order valence-electron chi connectivity index (χ1n) is 14.3. The van der Waals surface area contributed by atoms with E-state index in [-0.39, 0.29) is 11.7 Å². The van der Waals surface area contributed by atoms with Crippen molar-refractivity contribution in [2.75, 3.05) is 0 Å². The summed E-state index contributed by atoms with van der Waals surface area (Å²) in [6.07, 6.45) is 17.4. The van der Waals surface area contributed by atoms with Gasteiger partial charge in [0.05, 0.1) is 6.54 Å². The summed E-state index contributed by atoms with van der Waals surface area (Å²) < 4.78 is 4.09. The summed E-state index contributed by atoms with van der Waals surface area (Å²) in [6, 6.07) is 10.4. The normalized spacial score (nSPS) is 18.3. The molecule has 0 radical (unpaired) electrons. The average Bonchev–Trinajstić information content (AvgIpc) is 3.57. The van der Waals surface area contributed by atoms with Gasteiger partial charge in [-0.15, -0.1) is 5.10 Å². The Labute approximate surface area is 224 Å². The third kappa shape index (κ3) is 5.49. The van der Waals surface area contributed by atoms with E-state index in [1.807, 2.05) is 35.0 Å². The monoisotopic (exact) mass is 513 g/mol. The predicted octanol–water partition coefficient (Wildman–Crippen LogP) is 6.20. The van der Waals surface area contributed by atoms with Crippen LogP contribution in [-0.2, 0) is 13.0 Å². The zero-order valence-electron chi connectivity index (χ0n) is 22.6. The molecule has 1 aliphatic rings. The minimum atomic E-state index is 0.114. The van der Waals surface area contributed by atoms with Gasteiger partial charge in [-0.1, -0.05) is 76.6 Å². The lowest BCUT2D eigenvalue weighted by molar-refractivity contribution is 0.249. The number of aryl methyl sites for hydroxylation is 1. The van der Waals surface area contributed by atoms with E-state index >= 15 is 0 Å². The number of rotatable bonds is 9. The highest BCUT2D eigenvalue weighted by atomic mass is 16.1.